The zero-order valence-corrected chi connectivity index (χ0v) is 18.3. The molecule has 3 heterocycles. The number of likely N-dealkylation sites (N-methyl/N-ethyl adjacent to an activating group) is 1. The Hall–Kier alpha value is -1.49. The van der Waals surface area contributed by atoms with Crippen molar-refractivity contribution >= 4 is 11.7 Å². The number of Topliss-reactive ketones (excluding diaryl/α,β-unsaturated/α-hetero) is 1. The molecule has 4 bridgehead atoms. The number of hydrogen-bond acceptors (Lipinski definition) is 5. The number of anilines is 1. The predicted molar refractivity (Wildman–Crippen MR) is 115 cm³/mol. The van der Waals surface area contributed by atoms with Crippen LogP contribution in [0.1, 0.15) is 70.8 Å². The quantitative estimate of drug-likeness (QED) is 0.756. The lowest BCUT2D eigenvalue weighted by Gasteiger charge is -2.47. The SMILES string of the molecule is CCN1CC2CCC(C1)N2c1ncc([C@@H]2CC3CCC2C[C@@H]3C(=O)C(C)C)cn1. The van der Waals surface area contributed by atoms with Crippen molar-refractivity contribution < 1.29 is 4.79 Å². The molecular formula is C24H36N4O. The van der Waals surface area contributed by atoms with E-state index in [1.54, 1.807) is 0 Å². The number of hydrogen-bond donors (Lipinski definition) is 0. The van der Waals surface area contributed by atoms with Crippen LogP contribution < -0.4 is 4.90 Å². The molecule has 6 rings (SSSR count). The Morgan fingerprint density at radius 1 is 1.03 bits per heavy atom. The van der Waals surface area contributed by atoms with Gasteiger partial charge in [0, 0.05) is 49.4 Å². The van der Waals surface area contributed by atoms with Gasteiger partial charge in [-0.2, -0.15) is 0 Å². The zero-order chi connectivity index (χ0) is 20.1. The van der Waals surface area contributed by atoms with Gasteiger partial charge in [0.05, 0.1) is 0 Å². The molecular weight excluding hydrogens is 360 g/mol. The van der Waals surface area contributed by atoms with Gasteiger partial charge < -0.3 is 4.90 Å². The number of fused-ring (bicyclic) bond motifs is 5. The Balaban J connectivity index is 1.29. The molecule has 5 aliphatic rings. The Morgan fingerprint density at radius 2 is 1.69 bits per heavy atom. The maximum atomic E-state index is 12.6. The standard InChI is InChI=1S/C24H36N4O/c1-4-27-13-19-7-8-20(14-27)28(19)24-25-11-18(12-26-24)21-9-17-6-5-16(21)10-22(17)23(29)15(2)3/h11-12,15-17,19-22H,4-10,13-14H2,1-3H3/t16?,17?,19?,20?,21-,22+/m1/s1. The Morgan fingerprint density at radius 3 is 2.24 bits per heavy atom. The fourth-order valence-corrected chi connectivity index (χ4v) is 6.85. The summed E-state index contributed by atoms with van der Waals surface area (Å²) in [7, 11) is 0. The first-order chi connectivity index (χ1) is 14.0. The molecule has 0 radical (unpaired) electrons. The van der Waals surface area contributed by atoms with Gasteiger partial charge in [0.2, 0.25) is 5.95 Å². The monoisotopic (exact) mass is 396 g/mol. The summed E-state index contributed by atoms with van der Waals surface area (Å²) in [6, 6.07) is 1.15. The fraction of sp³-hybridized carbons (Fsp3) is 0.792. The van der Waals surface area contributed by atoms with E-state index < -0.39 is 0 Å². The van der Waals surface area contributed by atoms with E-state index in [0.29, 0.717) is 41.5 Å². The molecule has 0 N–H and O–H groups in total. The van der Waals surface area contributed by atoms with Gasteiger partial charge in [0.25, 0.3) is 0 Å². The van der Waals surface area contributed by atoms with Crippen LogP contribution in [0.4, 0.5) is 5.95 Å². The van der Waals surface area contributed by atoms with Crippen molar-refractivity contribution in [2.75, 3.05) is 24.5 Å². The third-order valence-corrected chi connectivity index (χ3v) is 8.42. The third-order valence-electron chi connectivity index (χ3n) is 8.42. The summed E-state index contributed by atoms with van der Waals surface area (Å²) in [4.78, 5) is 27.4. The van der Waals surface area contributed by atoms with Crippen molar-refractivity contribution in [1.29, 1.82) is 0 Å². The van der Waals surface area contributed by atoms with Crippen LogP contribution in [0.15, 0.2) is 12.4 Å². The van der Waals surface area contributed by atoms with E-state index in [4.69, 9.17) is 9.97 Å². The van der Waals surface area contributed by atoms with Gasteiger partial charge in [-0.15, -0.1) is 0 Å². The predicted octanol–water partition coefficient (Wildman–Crippen LogP) is 3.89. The number of carbonyl (C=O) groups is 1. The maximum Gasteiger partial charge on any atom is 0.225 e. The van der Waals surface area contributed by atoms with E-state index in [9.17, 15) is 4.79 Å². The van der Waals surface area contributed by atoms with Crippen LogP contribution in [0.2, 0.25) is 0 Å². The van der Waals surface area contributed by atoms with Crippen LogP contribution >= 0.6 is 0 Å². The Labute approximate surface area is 175 Å². The van der Waals surface area contributed by atoms with Crippen LogP contribution in [-0.4, -0.2) is 52.4 Å². The lowest BCUT2D eigenvalue weighted by atomic mass is 9.57. The number of carbonyl (C=O) groups excluding carboxylic acids is 1. The minimum atomic E-state index is 0.170. The van der Waals surface area contributed by atoms with Crippen molar-refractivity contribution in [2.24, 2.45) is 23.7 Å². The van der Waals surface area contributed by atoms with Crippen LogP contribution in [0.3, 0.4) is 0 Å². The molecule has 3 saturated carbocycles. The number of rotatable bonds is 5. The fourth-order valence-electron chi connectivity index (χ4n) is 6.85. The summed E-state index contributed by atoms with van der Waals surface area (Å²) in [6.07, 6.45) is 11.5. The molecule has 2 saturated heterocycles. The first-order valence-electron chi connectivity index (χ1n) is 11.9. The molecule has 158 valence electrons. The van der Waals surface area contributed by atoms with E-state index in [1.165, 1.54) is 31.2 Å². The van der Waals surface area contributed by atoms with Crippen molar-refractivity contribution in [2.45, 2.75) is 77.3 Å². The minimum Gasteiger partial charge on any atom is -0.332 e. The second-order valence-electron chi connectivity index (χ2n) is 10.3. The molecule has 3 aliphatic carbocycles. The summed E-state index contributed by atoms with van der Waals surface area (Å²) in [5.74, 6) is 3.65. The van der Waals surface area contributed by atoms with Gasteiger partial charge in [-0.05, 0) is 68.4 Å². The molecule has 4 unspecified atom stereocenters. The summed E-state index contributed by atoms with van der Waals surface area (Å²) >= 11 is 0. The van der Waals surface area contributed by atoms with Gasteiger partial charge in [-0.25, -0.2) is 9.97 Å². The highest BCUT2D eigenvalue weighted by atomic mass is 16.1. The highest BCUT2D eigenvalue weighted by molar-refractivity contribution is 5.83. The van der Waals surface area contributed by atoms with Crippen LogP contribution in [0.25, 0.3) is 0 Å². The second-order valence-corrected chi connectivity index (χ2v) is 10.3. The van der Waals surface area contributed by atoms with Crippen molar-refractivity contribution in [1.82, 2.24) is 14.9 Å². The molecule has 2 aliphatic heterocycles. The van der Waals surface area contributed by atoms with E-state index in [-0.39, 0.29) is 5.92 Å². The zero-order valence-electron chi connectivity index (χ0n) is 18.3. The number of ketones is 1. The molecule has 0 spiro atoms. The highest BCUT2D eigenvalue weighted by Gasteiger charge is 2.45. The summed E-state index contributed by atoms with van der Waals surface area (Å²) in [5, 5.41) is 0. The molecule has 0 aromatic carbocycles. The Kier molecular flexibility index (Phi) is 5.13. The molecule has 5 heteroatoms. The molecule has 1 aromatic rings. The molecule has 29 heavy (non-hydrogen) atoms. The lowest BCUT2D eigenvalue weighted by molar-refractivity contribution is -0.131. The number of aromatic nitrogens is 2. The van der Waals surface area contributed by atoms with Gasteiger partial charge in [-0.3, -0.25) is 9.69 Å². The number of nitrogens with zero attached hydrogens (tertiary/aromatic N) is 4. The van der Waals surface area contributed by atoms with Gasteiger partial charge in [-0.1, -0.05) is 20.8 Å². The molecule has 5 nitrogen and oxygen atoms in total. The topological polar surface area (TPSA) is 49.3 Å². The average molecular weight is 397 g/mol. The largest absolute Gasteiger partial charge is 0.332 e. The number of piperazine rings is 1. The first kappa shape index (κ1) is 19.5. The maximum absolute atomic E-state index is 12.6. The van der Waals surface area contributed by atoms with Crippen molar-refractivity contribution in [3.63, 3.8) is 0 Å². The smallest absolute Gasteiger partial charge is 0.225 e. The molecule has 6 atom stereocenters. The lowest BCUT2D eigenvalue weighted by Crippen LogP contribution is -2.54. The molecule has 1 aromatic heterocycles. The van der Waals surface area contributed by atoms with Crippen LogP contribution in [0, 0.1) is 23.7 Å². The van der Waals surface area contributed by atoms with E-state index >= 15 is 0 Å². The summed E-state index contributed by atoms with van der Waals surface area (Å²) in [6.45, 7) is 9.82. The van der Waals surface area contributed by atoms with Gasteiger partial charge in [0.15, 0.2) is 0 Å². The van der Waals surface area contributed by atoms with E-state index in [2.05, 4.69) is 43.0 Å². The average Bonchev–Trinajstić information content (AvgIpc) is 3.02. The van der Waals surface area contributed by atoms with Crippen molar-refractivity contribution in [3.8, 4) is 0 Å². The normalized spacial score (nSPS) is 36.8. The second kappa shape index (κ2) is 7.64. The summed E-state index contributed by atoms with van der Waals surface area (Å²) < 4.78 is 0. The molecule has 0 amide bonds. The highest BCUT2D eigenvalue weighted by Crippen LogP contribution is 2.53. The summed E-state index contributed by atoms with van der Waals surface area (Å²) in [5.41, 5.74) is 1.30. The minimum absolute atomic E-state index is 0.170. The molecule has 5 fully saturated rings. The van der Waals surface area contributed by atoms with Crippen molar-refractivity contribution in [3.05, 3.63) is 18.0 Å². The number of likely N-dealkylation sites (tertiary alicyclic amines) is 1. The van der Waals surface area contributed by atoms with Crippen LogP contribution in [-0.2, 0) is 4.79 Å². The van der Waals surface area contributed by atoms with E-state index in [1.807, 2.05) is 0 Å². The van der Waals surface area contributed by atoms with Gasteiger partial charge in [0.1, 0.15) is 5.78 Å². The Bertz CT molecular complexity index is 734. The first-order valence-corrected chi connectivity index (χ1v) is 11.9. The third kappa shape index (κ3) is 3.39. The van der Waals surface area contributed by atoms with Crippen LogP contribution in [0.5, 0.6) is 0 Å². The van der Waals surface area contributed by atoms with Gasteiger partial charge >= 0.3 is 0 Å². The van der Waals surface area contributed by atoms with E-state index in [0.717, 1.165) is 38.4 Å².